The summed E-state index contributed by atoms with van der Waals surface area (Å²) in [7, 11) is 1.53. The third kappa shape index (κ3) is 3.42. The Kier molecular flexibility index (Phi) is 5.25. The van der Waals surface area contributed by atoms with Gasteiger partial charge in [0, 0.05) is 16.8 Å². The number of halogens is 1. The highest BCUT2D eigenvalue weighted by Crippen LogP contribution is 2.42. The van der Waals surface area contributed by atoms with Crippen molar-refractivity contribution in [1.29, 1.82) is 0 Å². The van der Waals surface area contributed by atoms with Crippen LogP contribution in [0, 0.1) is 0 Å². The van der Waals surface area contributed by atoms with Gasteiger partial charge in [-0.3, -0.25) is 19.5 Å². The van der Waals surface area contributed by atoms with E-state index in [0.29, 0.717) is 27.6 Å². The molecule has 1 unspecified atom stereocenters. The summed E-state index contributed by atoms with van der Waals surface area (Å²) in [5, 5.41) is 11.5. The molecule has 1 aliphatic rings. The average Bonchev–Trinajstić information content (AvgIpc) is 3.05. The van der Waals surface area contributed by atoms with Crippen molar-refractivity contribution in [2.24, 2.45) is 0 Å². The molecule has 3 aromatic rings. The maximum absolute atomic E-state index is 13.0. The van der Waals surface area contributed by atoms with E-state index in [0.717, 1.165) is 0 Å². The molecule has 0 radical (unpaired) electrons. The minimum Gasteiger partial charge on any atom is -0.507 e. The molecule has 7 heteroatoms. The zero-order valence-corrected chi connectivity index (χ0v) is 16.7. The Bertz CT molecular complexity index is 1140. The van der Waals surface area contributed by atoms with Crippen molar-refractivity contribution in [2.75, 3.05) is 12.0 Å². The molecule has 1 atom stereocenters. The van der Waals surface area contributed by atoms with Crippen molar-refractivity contribution in [3.63, 3.8) is 0 Å². The van der Waals surface area contributed by atoms with Gasteiger partial charge >= 0.3 is 0 Å². The number of aromatic nitrogens is 1. The Hall–Kier alpha value is -3.64. The van der Waals surface area contributed by atoms with Crippen LogP contribution >= 0.6 is 11.6 Å². The number of Topliss-reactive ketones (excluding diaryl/α,β-unsaturated/α-hetero) is 1. The van der Waals surface area contributed by atoms with Crippen molar-refractivity contribution < 1.29 is 19.4 Å². The number of aliphatic hydroxyl groups excluding tert-OH is 1. The lowest BCUT2D eigenvalue weighted by atomic mass is 9.95. The first-order valence-corrected chi connectivity index (χ1v) is 9.50. The predicted octanol–water partition coefficient (Wildman–Crippen LogP) is 4.37. The Morgan fingerprint density at radius 1 is 1.10 bits per heavy atom. The number of anilines is 1. The Morgan fingerprint density at radius 2 is 1.87 bits per heavy atom. The molecule has 0 aliphatic carbocycles. The van der Waals surface area contributed by atoms with Crippen LogP contribution in [-0.4, -0.2) is 28.9 Å². The SMILES string of the molecule is COc1cccc(C2/C(=C(\O)c3ccc(Cl)cc3)C(=O)C(=O)N2c2cccnc2)c1. The van der Waals surface area contributed by atoms with Crippen LogP contribution in [0.1, 0.15) is 17.2 Å². The monoisotopic (exact) mass is 420 g/mol. The molecule has 1 N–H and O–H groups in total. The fourth-order valence-electron chi connectivity index (χ4n) is 3.49. The molecule has 150 valence electrons. The summed E-state index contributed by atoms with van der Waals surface area (Å²) in [4.78, 5) is 31.4. The minimum absolute atomic E-state index is 0.0144. The van der Waals surface area contributed by atoms with E-state index < -0.39 is 17.7 Å². The van der Waals surface area contributed by atoms with Gasteiger partial charge in [0.25, 0.3) is 11.7 Å². The lowest BCUT2D eigenvalue weighted by Gasteiger charge is -2.25. The number of methoxy groups -OCH3 is 1. The van der Waals surface area contributed by atoms with Crippen molar-refractivity contribution in [1.82, 2.24) is 4.98 Å². The average molecular weight is 421 g/mol. The molecule has 2 aromatic carbocycles. The van der Waals surface area contributed by atoms with Crippen LogP contribution in [0.4, 0.5) is 5.69 Å². The summed E-state index contributed by atoms with van der Waals surface area (Å²) in [5.74, 6) is -1.23. The smallest absolute Gasteiger partial charge is 0.300 e. The fraction of sp³-hybridized carbons (Fsp3) is 0.0870. The molecule has 2 heterocycles. The number of aliphatic hydroxyl groups is 1. The second-order valence-electron chi connectivity index (χ2n) is 6.66. The lowest BCUT2D eigenvalue weighted by Crippen LogP contribution is -2.29. The number of amides is 1. The van der Waals surface area contributed by atoms with Crippen LogP contribution in [0.25, 0.3) is 5.76 Å². The number of rotatable bonds is 4. The maximum atomic E-state index is 13.0. The van der Waals surface area contributed by atoms with E-state index in [9.17, 15) is 14.7 Å². The van der Waals surface area contributed by atoms with Gasteiger partial charge in [-0.2, -0.15) is 0 Å². The zero-order valence-electron chi connectivity index (χ0n) is 15.9. The molecule has 6 nitrogen and oxygen atoms in total. The third-order valence-corrected chi connectivity index (χ3v) is 5.15. The number of hydrogen-bond acceptors (Lipinski definition) is 5. The van der Waals surface area contributed by atoms with Crippen LogP contribution in [0.3, 0.4) is 0 Å². The number of hydrogen-bond donors (Lipinski definition) is 1. The molecule has 1 fully saturated rings. The number of ketones is 1. The van der Waals surface area contributed by atoms with Crippen LogP contribution in [0.5, 0.6) is 5.75 Å². The maximum Gasteiger partial charge on any atom is 0.300 e. The molecule has 30 heavy (non-hydrogen) atoms. The number of benzene rings is 2. The molecule has 0 bridgehead atoms. The number of carbonyl (C=O) groups is 2. The van der Waals surface area contributed by atoms with Gasteiger partial charge in [-0.1, -0.05) is 23.7 Å². The largest absolute Gasteiger partial charge is 0.507 e. The van der Waals surface area contributed by atoms with E-state index in [1.54, 1.807) is 66.9 Å². The first-order chi connectivity index (χ1) is 14.5. The number of ether oxygens (including phenoxy) is 1. The molecule has 0 spiro atoms. The summed E-state index contributed by atoms with van der Waals surface area (Å²) >= 11 is 5.94. The van der Waals surface area contributed by atoms with Crippen LogP contribution < -0.4 is 9.64 Å². The molecule has 1 aliphatic heterocycles. The van der Waals surface area contributed by atoms with E-state index in [1.807, 2.05) is 0 Å². The summed E-state index contributed by atoms with van der Waals surface area (Å²) in [6.07, 6.45) is 3.08. The van der Waals surface area contributed by atoms with Gasteiger partial charge in [0.05, 0.1) is 30.6 Å². The van der Waals surface area contributed by atoms with Gasteiger partial charge in [0.2, 0.25) is 0 Å². The van der Waals surface area contributed by atoms with Gasteiger partial charge in [-0.25, -0.2) is 0 Å². The molecular formula is C23H17ClN2O4. The molecule has 0 saturated carbocycles. The molecule has 4 rings (SSSR count). The minimum atomic E-state index is -0.847. The quantitative estimate of drug-likeness (QED) is 0.385. The van der Waals surface area contributed by atoms with E-state index >= 15 is 0 Å². The second kappa shape index (κ2) is 8.00. The molecular weight excluding hydrogens is 404 g/mol. The van der Waals surface area contributed by atoms with Gasteiger partial charge < -0.3 is 9.84 Å². The van der Waals surface area contributed by atoms with Crippen molar-refractivity contribution in [3.05, 3.63) is 94.8 Å². The van der Waals surface area contributed by atoms with E-state index in [-0.39, 0.29) is 11.3 Å². The first-order valence-electron chi connectivity index (χ1n) is 9.12. The van der Waals surface area contributed by atoms with Gasteiger partial charge in [-0.05, 0) is 54.1 Å². The van der Waals surface area contributed by atoms with Crippen molar-refractivity contribution >= 4 is 34.7 Å². The van der Waals surface area contributed by atoms with E-state index in [2.05, 4.69) is 4.98 Å². The topological polar surface area (TPSA) is 79.7 Å². The fourth-order valence-corrected chi connectivity index (χ4v) is 3.61. The zero-order chi connectivity index (χ0) is 21.3. The summed E-state index contributed by atoms with van der Waals surface area (Å²) in [6, 6.07) is 16.0. The normalized spacial score (nSPS) is 17.9. The number of nitrogens with zero attached hydrogens (tertiary/aromatic N) is 2. The Labute approximate surface area is 178 Å². The second-order valence-corrected chi connectivity index (χ2v) is 7.10. The predicted molar refractivity (Wildman–Crippen MR) is 113 cm³/mol. The highest BCUT2D eigenvalue weighted by molar-refractivity contribution is 6.51. The molecule has 1 amide bonds. The summed E-state index contributed by atoms with van der Waals surface area (Å²) in [6.45, 7) is 0. The van der Waals surface area contributed by atoms with Crippen molar-refractivity contribution in [3.8, 4) is 5.75 Å². The van der Waals surface area contributed by atoms with Crippen LogP contribution in [0.2, 0.25) is 5.02 Å². The lowest BCUT2D eigenvalue weighted by molar-refractivity contribution is -0.132. The van der Waals surface area contributed by atoms with Crippen LogP contribution in [-0.2, 0) is 9.59 Å². The van der Waals surface area contributed by atoms with Gasteiger partial charge in [0.1, 0.15) is 11.5 Å². The highest BCUT2D eigenvalue weighted by Gasteiger charge is 2.47. The van der Waals surface area contributed by atoms with E-state index in [1.165, 1.54) is 18.2 Å². The number of pyridine rings is 1. The Balaban J connectivity index is 1.95. The molecule has 1 saturated heterocycles. The summed E-state index contributed by atoms with van der Waals surface area (Å²) < 4.78 is 5.31. The third-order valence-electron chi connectivity index (χ3n) is 4.90. The van der Waals surface area contributed by atoms with Gasteiger partial charge in [0.15, 0.2) is 0 Å². The standard InChI is InChI=1S/C23H17ClN2O4/c1-30-18-6-2-4-15(12-18)20-19(21(27)14-7-9-16(24)10-8-14)22(28)23(29)26(20)17-5-3-11-25-13-17/h2-13,20,27H,1H3/b21-19+. The first kappa shape index (κ1) is 19.7. The molecule has 1 aromatic heterocycles. The Morgan fingerprint density at radius 3 is 2.53 bits per heavy atom. The van der Waals surface area contributed by atoms with Crippen molar-refractivity contribution in [2.45, 2.75) is 6.04 Å². The van der Waals surface area contributed by atoms with Gasteiger partial charge in [-0.15, -0.1) is 0 Å². The number of carbonyl (C=O) groups excluding carboxylic acids is 2. The summed E-state index contributed by atoms with van der Waals surface area (Å²) in [5.41, 5.74) is 1.44. The highest BCUT2D eigenvalue weighted by atomic mass is 35.5. The van der Waals surface area contributed by atoms with E-state index in [4.69, 9.17) is 16.3 Å². The van der Waals surface area contributed by atoms with Crippen LogP contribution in [0.15, 0.2) is 78.6 Å².